The number of hydrogen-bond donors (Lipinski definition) is 2. The molecule has 1 saturated heterocycles. The third kappa shape index (κ3) is 8.21. The molecule has 1 aliphatic rings. The molecule has 2 N–H and O–H groups in total. The first kappa shape index (κ1) is 36.1. The molecular weight excluding hydrogens is 640 g/mol. The highest BCUT2D eigenvalue weighted by atomic mass is 35.5. The van der Waals surface area contributed by atoms with Crippen molar-refractivity contribution in [1.82, 2.24) is 19.8 Å². The molecule has 1 amide bonds. The summed E-state index contributed by atoms with van der Waals surface area (Å²) in [6.07, 6.45) is 0.289. The van der Waals surface area contributed by atoms with Crippen LogP contribution >= 0.6 is 11.6 Å². The predicted octanol–water partition coefficient (Wildman–Crippen LogP) is 6.53. The van der Waals surface area contributed by atoms with Gasteiger partial charge in [-0.1, -0.05) is 45.4 Å². The Morgan fingerprint density at radius 1 is 1.13 bits per heavy atom. The van der Waals surface area contributed by atoms with Gasteiger partial charge in [0.25, 0.3) is 0 Å². The highest BCUT2D eigenvalue weighted by Gasteiger charge is 2.33. The summed E-state index contributed by atoms with van der Waals surface area (Å²) in [4.78, 5) is 45.5. The molecule has 1 fully saturated rings. The summed E-state index contributed by atoms with van der Waals surface area (Å²) in [7, 11) is 0. The maximum absolute atomic E-state index is 16.2. The number of carbonyl (C=O) groups is 2. The van der Waals surface area contributed by atoms with Crippen LogP contribution in [0.5, 0.6) is 0 Å². The van der Waals surface area contributed by atoms with Crippen LogP contribution in [-0.2, 0) is 16.0 Å². The largest absolute Gasteiger partial charge is 0.481 e. The Labute approximate surface area is 275 Å². The monoisotopic (exact) mass is 678 g/mol. The molecular formula is C34H39ClF4N4O4. The average Bonchev–Trinajstić information content (AvgIpc) is 2.96. The smallest absolute Gasteiger partial charge is 0.348 e. The molecule has 0 saturated carbocycles. The van der Waals surface area contributed by atoms with Gasteiger partial charge in [-0.05, 0) is 60.9 Å². The molecule has 13 heteroatoms. The molecule has 2 heterocycles. The standard InChI is InChI=1S/C34H39ClF4N4O4/c1-17(2)11-26(43-14-20(9-10-42-15-21(36)16-42)32(18(3)4)41-34(43)47)33(46)40-25(13-27(44)45)29-30(38)19(5)12-22(31(29)39)28-23(35)7-6-8-24(28)37/h6-8,12,14,17-18,21,25-26H,9-11,13,15-16H2,1-5H3,(H,40,46)(H,44,45)/t25-,26-/m0/s1. The van der Waals surface area contributed by atoms with Crippen molar-refractivity contribution >= 4 is 23.5 Å². The second-order valence-electron chi connectivity index (χ2n) is 12.8. The molecule has 0 radical (unpaired) electrons. The lowest BCUT2D eigenvalue weighted by molar-refractivity contribution is -0.138. The SMILES string of the molecule is Cc1cc(-c2c(F)cccc2Cl)c(F)c([C@H](CC(=O)O)NC(=O)[C@H](CC(C)C)n2cc(CCN3CC(F)C3)c(C(C)C)nc2=O)c1F. The lowest BCUT2D eigenvalue weighted by Crippen LogP contribution is -2.49. The number of halogens is 5. The molecule has 2 aromatic carbocycles. The van der Waals surface area contributed by atoms with Crippen LogP contribution in [-0.4, -0.2) is 57.2 Å². The minimum absolute atomic E-state index is 0.109. The van der Waals surface area contributed by atoms with E-state index in [-0.39, 0.29) is 34.4 Å². The third-order valence-electron chi connectivity index (χ3n) is 8.24. The summed E-state index contributed by atoms with van der Waals surface area (Å²) in [5.74, 6) is -5.87. The fraction of sp³-hybridized carbons (Fsp3) is 0.471. The topological polar surface area (TPSA) is 105 Å². The predicted molar refractivity (Wildman–Crippen MR) is 171 cm³/mol. The van der Waals surface area contributed by atoms with Gasteiger partial charge in [-0.25, -0.2) is 22.4 Å². The van der Waals surface area contributed by atoms with Crippen molar-refractivity contribution in [1.29, 1.82) is 0 Å². The molecule has 0 spiro atoms. The third-order valence-corrected chi connectivity index (χ3v) is 8.56. The maximum atomic E-state index is 16.2. The van der Waals surface area contributed by atoms with Gasteiger partial charge >= 0.3 is 11.7 Å². The fourth-order valence-electron chi connectivity index (χ4n) is 5.91. The number of aliphatic carboxylic acids is 1. The summed E-state index contributed by atoms with van der Waals surface area (Å²) in [6.45, 7) is 9.82. The second-order valence-corrected chi connectivity index (χ2v) is 13.2. The van der Waals surface area contributed by atoms with Crippen molar-refractivity contribution in [3.05, 3.63) is 85.8 Å². The zero-order valence-electron chi connectivity index (χ0n) is 26.9. The molecule has 3 aromatic rings. The number of amides is 1. The Hall–Kier alpha value is -3.77. The van der Waals surface area contributed by atoms with Crippen LogP contribution in [0.1, 0.15) is 80.9 Å². The number of benzene rings is 2. The lowest BCUT2D eigenvalue weighted by Gasteiger charge is -2.34. The van der Waals surface area contributed by atoms with E-state index in [1.165, 1.54) is 19.1 Å². The van der Waals surface area contributed by atoms with Crippen LogP contribution in [0.3, 0.4) is 0 Å². The minimum Gasteiger partial charge on any atom is -0.481 e. The van der Waals surface area contributed by atoms with E-state index >= 15 is 8.78 Å². The van der Waals surface area contributed by atoms with E-state index in [4.69, 9.17) is 11.6 Å². The van der Waals surface area contributed by atoms with Crippen LogP contribution in [0.15, 0.2) is 35.3 Å². The second kappa shape index (κ2) is 15.0. The van der Waals surface area contributed by atoms with Crippen LogP contribution in [0, 0.1) is 30.3 Å². The zero-order valence-corrected chi connectivity index (χ0v) is 27.7. The van der Waals surface area contributed by atoms with E-state index in [1.54, 1.807) is 6.20 Å². The van der Waals surface area contributed by atoms with Crippen molar-refractivity contribution in [2.45, 2.75) is 78.1 Å². The van der Waals surface area contributed by atoms with E-state index in [0.717, 1.165) is 16.7 Å². The van der Waals surface area contributed by atoms with E-state index < -0.39 is 70.8 Å². The van der Waals surface area contributed by atoms with Crippen LogP contribution in [0.25, 0.3) is 11.1 Å². The van der Waals surface area contributed by atoms with Crippen molar-refractivity contribution in [3.63, 3.8) is 0 Å². The van der Waals surface area contributed by atoms with E-state index in [0.29, 0.717) is 37.3 Å². The van der Waals surface area contributed by atoms with Crippen molar-refractivity contribution in [2.24, 2.45) is 5.92 Å². The number of hydrogen-bond acceptors (Lipinski definition) is 5. The van der Waals surface area contributed by atoms with Gasteiger partial charge < -0.3 is 10.4 Å². The number of likely N-dealkylation sites (tertiary alicyclic amines) is 1. The number of carbonyl (C=O) groups excluding carboxylic acids is 1. The van der Waals surface area contributed by atoms with E-state index in [9.17, 15) is 28.3 Å². The summed E-state index contributed by atoms with van der Waals surface area (Å²) in [6, 6.07) is 1.81. The minimum atomic E-state index is -1.74. The number of carboxylic acids is 1. The molecule has 254 valence electrons. The molecule has 47 heavy (non-hydrogen) atoms. The first-order chi connectivity index (χ1) is 22.1. The first-order valence-electron chi connectivity index (χ1n) is 15.5. The number of carboxylic acid groups (broad SMARTS) is 1. The number of rotatable bonds is 13. The highest BCUT2D eigenvalue weighted by Crippen LogP contribution is 2.38. The zero-order chi connectivity index (χ0) is 34.7. The molecule has 4 rings (SSSR count). The van der Waals surface area contributed by atoms with Gasteiger partial charge in [-0.15, -0.1) is 0 Å². The van der Waals surface area contributed by atoms with Crippen molar-refractivity contribution in [3.8, 4) is 11.1 Å². The van der Waals surface area contributed by atoms with Gasteiger partial charge in [0, 0.05) is 42.5 Å². The van der Waals surface area contributed by atoms with Gasteiger partial charge in [-0.2, -0.15) is 4.98 Å². The van der Waals surface area contributed by atoms with Crippen LogP contribution in [0.4, 0.5) is 17.6 Å². The van der Waals surface area contributed by atoms with Crippen molar-refractivity contribution < 1.29 is 32.3 Å². The first-order valence-corrected chi connectivity index (χ1v) is 15.9. The van der Waals surface area contributed by atoms with Crippen molar-refractivity contribution in [2.75, 3.05) is 19.6 Å². The van der Waals surface area contributed by atoms with Gasteiger partial charge in [-0.3, -0.25) is 19.1 Å². The van der Waals surface area contributed by atoms with Gasteiger partial charge in [0.05, 0.1) is 23.2 Å². The summed E-state index contributed by atoms with van der Waals surface area (Å²) >= 11 is 6.18. The Morgan fingerprint density at radius 3 is 2.38 bits per heavy atom. The normalized spacial score (nSPS) is 15.1. The Balaban J connectivity index is 1.78. The number of aryl methyl sites for hydroxylation is 1. The van der Waals surface area contributed by atoms with Gasteiger partial charge in [0.15, 0.2) is 0 Å². The molecule has 1 aliphatic heterocycles. The highest BCUT2D eigenvalue weighted by molar-refractivity contribution is 6.33. The Kier molecular flexibility index (Phi) is 11.5. The fourth-order valence-corrected chi connectivity index (χ4v) is 6.17. The molecule has 8 nitrogen and oxygen atoms in total. The van der Waals surface area contributed by atoms with E-state index in [1.807, 2.05) is 32.6 Å². The Morgan fingerprint density at radius 2 is 1.81 bits per heavy atom. The summed E-state index contributed by atoms with van der Waals surface area (Å²) in [5.41, 5.74) is -1.14. The molecule has 0 aliphatic carbocycles. The molecule has 0 bridgehead atoms. The van der Waals surface area contributed by atoms with Crippen LogP contribution < -0.4 is 11.0 Å². The quantitative estimate of drug-likeness (QED) is 0.199. The summed E-state index contributed by atoms with van der Waals surface area (Å²) < 4.78 is 61.3. The van der Waals surface area contributed by atoms with E-state index in [2.05, 4.69) is 10.3 Å². The Bertz CT molecular complexity index is 1690. The average molecular weight is 679 g/mol. The number of nitrogens with zero attached hydrogens (tertiary/aromatic N) is 3. The molecule has 1 aromatic heterocycles. The maximum Gasteiger partial charge on any atom is 0.348 e. The van der Waals surface area contributed by atoms with Gasteiger partial charge in [0.2, 0.25) is 5.91 Å². The lowest BCUT2D eigenvalue weighted by atomic mass is 9.92. The van der Waals surface area contributed by atoms with Gasteiger partial charge in [0.1, 0.15) is 29.7 Å². The summed E-state index contributed by atoms with van der Waals surface area (Å²) in [5, 5.41) is 12.1. The number of nitrogens with one attached hydrogen (secondary N) is 1. The molecule has 2 atom stereocenters. The molecule has 0 unspecified atom stereocenters. The van der Waals surface area contributed by atoms with Crippen LogP contribution in [0.2, 0.25) is 5.02 Å². The number of aromatic nitrogens is 2. The number of alkyl halides is 1.